The number of imidazole rings is 1. The highest BCUT2D eigenvalue weighted by molar-refractivity contribution is 7.90. The van der Waals surface area contributed by atoms with E-state index in [1.807, 2.05) is 36.9 Å². The molecule has 1 atom stereocenters. The molecule has 1 aliphatic rings. The molecule has 1 N–H and O–H groups in total. The summed E-state index contributed by atoms with van der Waals surface area (Å²) in [5.74, 6) is 0.758. The number of nitrogens with zero attached hydrogens (tertiary/aromatic N) is 5. The highest BCUT2D eigenvalue weighted by Crippen LogP contribution is 2.35. The van der Waals surface area contributed by atoms with E-state index in [1.54, 1.807) is 22.9 Å². The van der Waals surface area contributed by atoms with Gasteiger partial charge in [0, 0.05) is 37.7 Å². The van der Waals surface area contributed by atoms with Crippen molar-refractivity contribution < 1.29 is 13.2 Å². The fraction of sp³-hybridized carbons (Fsp3) is 0.348. The number of hydrogen-bond acceptors (Lipinski definition) is 7. The van der Waals surface area contributed by atoms with Crippen molar-refractivity contribution in [1.29, 1.82) is 0 Å². The molecule has 34 heavy (non-hydrogen) atoms. The number of ether oxygens (including phenoxy) is 1. The number of fused-ring (bicyclic) bond motifs is 1. The third kappa shape index (κ3) is 4.28. The average Bonchev–Trinajstić information content (AvgIpc) is 3.36. The van der Waals surface area contributed by atoms with E-state index in [2.05, 4.69) is 15.4 Å². The third-order valence-corrected chi connectivity index (χ3v) is 7.23. The lowest BCUT2D eigenvalue weighted by Gasteiger charge is -2.25. The third-order valence-electron chi connectivity index (χ3n) is 5.90. The van der Waals surface area contributed by atoms with E-state index >= 15 is 0 Å². The Kier molecular flexibility index (Phi) is 5.83. The van der Waals surface area contributed by atoms with Crippen molar-refractivity contribution in [1.82, 2.24) is 24.3 Å². The molecule has 4 heterocycles. The number of anilines is 2. The van der Waals surface area contributed by atoms with Gasteiger partial charge in [0.1, 0.15) is 22.7 Å². The zero-order valence-corrected chi connectivity index (χ0v) is 20.7. The van der Waals surface area contributed by atoms with Gasteiger partial charge in [-0.1, -0.05) is 17.7 Å². The molecule has 0 aliphatic carbocycles. The highest BCUT2D eigenvalue weighted by Gasteiger charge is 2.24. The molecule has 1 aliphatic heterocycles. The van der Waals surface area contributed by atoms with Crippen LogP contribution >= 0.6 is 11.6 Å². The van der Waals surface area contributed by atoms with E-state index in [0.717, 1.165) is 25.1 Å². The van der Waals surface area contributed by atoms with E-state index in [-0.39, 0.29) is 16.3 Å². The first-order valence-corrected chi connectivity index (χ1v) is 13.3. The fourth-order valence-electron chi connectivity index (χ4n) is 4.31. The van der Waals surface area contributed by atoms with Crippen LogP contribution in [0.3, 0.4) is 0 Å². The molecule has 1 fully saturated rings. The quantitative estimate of drug-likeness (QED) is 0.398. The Morgan fingerprint density at radius 3 is 2.65 bits per heavy atom. The maximum Gasteiger partial charge on any atom is 0.177 e. The molecule has 1 aromatic carbocycles. The molecule has 178 valence electrons. The zero-order valence-electron chi connectivity index (χ0n) is 19.1. The van der Waals surface area contributed by atoms with Crippen molar-refractivity contribution in [2.45, 2.75) is 37.3 Å². The SMILES string of the molecule is Cc1nc2c(Nc3ccc(-c4ccn(C)n4)cc3S(C)(=O)=O)cc(Cl)nc2n1C1CCCCO1. The Balaban J connectivity index is 1.60. The normalized spacial score (nSPS) is 16.8. The summed E-state index contributed by atoms with van der Waals surface area (Å²) in [6.07, 6.45) is 5.82. The topological polar surface area (TPSA) is 104 Å². The van der Waals surface area contributed by atoms with E-state index in [0.29, 0.717) is 40.4 Å². The van der Waals surface area contributed by atoms with Gasteiger partial charge in [0.15, 0.2) is 15.5 Å². The lowest BCUT2D eigenvalue weighted by molar-refractivity contribution is -0.0309. The second-order valence-electron chi connectivity index (χ2n) is 8.50. The van der Waals surface area contributed by atoms with Crippen LogP contribution in [0.4, 0.5) is 11.4 Å². The lowest BCUT2D eigenvalue weighted by Crippen LogP contribution is -2.19. The van der Waals surface area contributed by atoms with Gasteiger partial charge >= 0.3 is 0 Å². The largest absolute Gasteiger partial charge is 0.358 e. The van der Waals surface area contributed by atoms with Crippen LogP contribution in [0.1, 0.15) is 31.3 Å². The summed E-state index contributed by atoms with van der Waals surface area (Å²) in [5, 5.41) is 7.90. The number of aromatic nitrogens is 5. The second kappa shape index (κ2) is 8.68. The number of rotatable bonds is 5. The molecule has 11 heteroatoms. The first kappa shape index (κ1) is 22.8. The molecule has 0 radical (unpaired) electrons. The maximum absolute atomic E-state index is 12.7. The predicted octanol–water partition coefficient (Wildman–Crippen LogP) is 4.64. The Morgan fingerprint density at radius 2 is 1.97 bits per heavy atom. The van der Waals surface area contributed by atoms with Crippen LogP contribution in [0.15, 0.2) is 41.4 Å². The molecule has 1 saturated heterocycles. The molecular formula is C23H25ClN6O3S. The first-order chi connectivity index (χ1) is 16.2. The standard InChI is InChI=1S/C23H25ClN6O3S/c1-14-25-22-18(13-20(24)27-23(22)30(14)21-6-4-5-11-33-21)26-17-8-7-15(12-19(17)34(3,31)32)16-9-10-29(2)28-16/h7-10,12-13,21H,4-6,11H2,1-3H3,(H,26,27). The van der Waals surface area contributed by atoms with Gasteiger partial charge in [0.05, 0.1) is 22.0 Å². The predicted molar refractivity (Wildman–Crippen MR) is 131 cm³/mol. The van der Waals surface area contributed by atoms with Crippen LogP contribution in [-0.4, -0.2) is 45.6 Å². The summed E-state index contributed by atoms with van der Waals surface area (Å²) < 4.78 is 35.0. The highest BCUT2D eigenvalue weighted by atomic mass is 35.5. The van der Waals surface area contributed by atoms with Crippen LogP contribution in [0.2, 0.25) is 5.15 Å². The van der Waals surface area contributed by atoms with Crippen molar-refractivity contribution >= 4 is 44.0 Å². The Morgan fingerprint density at radius 1 is 1.15 bits per heavy atom. The summed E-state index contributed by atoms with van der Waals surface area (Å²) in [6, 6.07) is 8.68. The van der Waals surface area contributed by atoms with Crippen LogP contribution in [0, 0.1) is 6.92 Å². The van der Waals surface area contributed by atoms with Gasteiger partial charge in [0.25, 0.3) is 0 Å². The Hall–Kier alpha value is -2.95. The minimum Gasteiger partial charge on any atom is -0.358 e. The summed E-state index contributed by atoms with van der Waals surface area (Å²) in [6.45, 7) is 2.59. The minimum atomic E-state index is -3.55. The van der Waals surface area contributed by atoms with Gasteiger partial charge in [-0.15, -0.1) is 0 Å². The van der Waals surface area contributed by atoms with Gasteiger partial charge in [-0.05, 0) is 44.4 Å². The number of aryl methyl sites for hydroxylation is 2. The number of halogens is 1. The lowest BCUT2D eigenvalue weighted by atomic mass is 10.1. The molecule has 0 bridgehead atoms. The minimum absolute atomic E-state index is 0.151. The number of hydrogen-bond donors (Lipinski definition) is 1. The van der Waals surface area contributed by atoms with Gasteiger partial charge in [0.2, 0.25) is 0 Å². The van der Waals surface area contributed by atoms with E-state index in [4.69, 9.17) is 21.3 Å². The smallest absolute Gasteiger partial charge is 0.177 e. The van der Waals surface area contributed by atoms with Crippen molar-refractivity contribution in [2.75, 3.05) is 18.2 Å². The van der Waals surface area contributed by atoms with Crippen molar-refractivity contribution in [2.24, 2.45) is 7.05 Å². The van der Waals surface area contributed by atoms with Gasteiger partial charge in [-0.25, -0.2) is 18.4 Å². The molecule has 5 rings (SSSR count). The summed E-state index contributed by atoms with van der Waals surface area (Å²) in [5.41, 5.74) is 3.60. The van der Waals surface area contributed by atoms with Crippen molar-refractivity contribution in [3.05, 3.63) is 47.5 Å². The Bertz CT molecular complexity index is 1490. The van der Waals surface area contributed by atoms with Gasteiger partial charge in [-0.2, -0.15) is 5.10 Å². The summed E-state index contributed by atoms with van der Waals surface area (Å²) in [4.78, 5) is 9.40. The van der Waals surface area contributed by atoms with Crippen molar-refractivity contribution in [3.63, 3.8) is 0 Å². The van der Waals surface area contributed by atoms with Gasteiger partial charge in [-0.3, -0.25) is 9.25 Å². The molecule has 9 nitrogen and oxygen atoms in total. The number of sulfone groups is 1. The van der Waals surface area contributed by atoms with Crippen LogP contribution < -0.4 is 5.32 Å². The summed E-state index contributed by atoms with van der Waals surface area (Å²) in [7, 11) is -1.74. The number of nitrogens with one attached hydrogen (secondary N) is 1. The fourth-order valence-corrected chi connectivity index (χ4v) is 5.36. The molecule has 3 aromatic heterocycles. The summed E-state index contributed by atoms with van der Waals surface area (Å²) >= 11 is 6.39. The van der Waals surface area contributed by atoms with E-state index < -0.39 is 9.84 Å². The molecule has 0 spiro atoms. The monoisotopic (exact) mass is 500 g/mol. The molecule has 0 saturated carbocycles. The Labute approximate surface area is 202 Å². The molecule has 1 unspecified atom stereocenters. The second-order valence-corrected chi connectivity index (χ2v) is 10.9. The molecule has 4 aromatic rings. The van der Waals surface area contributed by atoms with E-state index in [1.165, 1.54) is 6.26 Å². The molecular weight excluding hydrogens is 476 g/mol. The van der Waals surface area contributed by atoms with Crippen molar-refractivity contribution in [3.8, 4) is 11.3 Å². The number of benzene rings is 1. The number of pyridine rings is 1. The molecule has 0 amide bonds. The van der Waals surface area contributed by atoms with Crippen LogP contribution in [0.5, 0.6) is 0 Å². The maximum atomic E-state index is 12.7. The van der Waals surface area contributed by atoms with Crippen LogP contribution in [0.25, 0.3) is 22.4 Å². The first-order valence-electron chi connectivity index (χ1n) is 11.0. The average molecular weight is 501 g/mol. The van der Waals surface area contributed by atoms with Gasteiger partial charge < -0.3 is 10.1 Å². The van der Waals surface area contributed by atoms with Crippen LogP contribution in [-0.2, 0) is 21.6 Å². The zero-order chi connectivity index (χ0) is 24.0. The van der Waals surface area contributed by atoms with E-state index in [9.17, 15) is 8.42 Å².